The predicted octanol–water partition coefficient (Wildman–Crippen LogP) is -3.89. The summed E-state index contributed by atoms with van der Waals surface area (Å²) in [5.74, 6) is -7.94. The molecular formula is C15H24N4O10S. The molecule has 30 heavy (non-hydrogen) atoms. The number of carboxylic acid groups (broad SMARTS) is 3. The molecule has 5 unspecified atom stereocenters. The Balaban J connectivity index is 5.21. The van der Waals surface area contributed by atoms with Gasteiger partial charge in [0, 0.05) is 5.75 Å². The Morgan fingerprint density at radius 2 is 1.33 bits per heavy atom. The van der Waals surface area contributed by atoms with Crippen LogP contribution < -0.4 is 21.7 Å². The van der Waals surface area contributed by atoms with Gasteiger partial charge in [0.05, 0.1) is 25.0 Å². The van der Waals surface area contributed by atoms with Gasteiger partial charge in [0.2, 0.25) is 17.7 Å². The van der Waals surface area contributed by atoms with Gasteiger partial charge in [-0.3, -0.25) is 24.0 Å². The van der Waals surface area contributed by atoms with Crippen LogP contribution >= 0.6 is 12.6 Å². The third-order valence-corrected chi connectivity index (χ3v) is 3.97. The lowest BCUT2D eigenvalue weighted by atomic mass is 10.1. The second-order valence-electron chi connectivity index (χ2n) is 6.17. The van der Waals surface area contributed by atoms with Gasteiger partial charge in [0.15, 0.2) is 0 Å². The fourth-order valence-electron chi connectivity index (χ4n) is 2.05. The van der Waals surface area contributed by atoms with Crippen molar-refractivity contribution in [2.24, 2.45) is 5.73 Å². The van der Waals surface area contributed by atoms with E-state index in [2.05, 4.69) is 23.3 Å². The third-order valence-electron chi connectivity index (χ3n) is 3.60. The molecule has 0 aromatic heterocycles. The SMILES string of the molecule is CC(O)C(NC(=O)C(CS)NC(=O)C(N)CC(=O)O)C(=O)NC(CC(=O)O)C(=O)O. The van der Waals surface area contributed by atoms with E-state index >= 15 is 0 Å². The molecule has 0 aliphatic rings. The number of carboxylic acids is 3. The summed E-state index contributed by atoms with van der Waals surface area (Å²) in [5.41, 5.74) is 5.38. The lowest BCUT2D eigenvalue weighted by molar-refractivity contribution is -0.148. The van der Waals surface area contributed by atoms with E-state index in [4.69, 9.17) is 21.1 Å². The minimum atomic E-state index is -1.82. The number of carbonyl (C=O) groups is 6. The van der Waals surface area contributed by atoms with Crippen LogP contribution in [-0.2, 0) is 28.8 Å². The molecule has 0 spiro atoms. The molecule has 5 atom stereocenters. The fourth-order valence-corrected chi connectivity index (χ4v) is 2.31. The summed E-state index contributed by atoms with van der Waals surface area (Å²) in [6, 6.07) is -6.34. The molecule has 15 heteroatoms. The number of hydrogen-bond acceptors (Lipinski definition) is 9. The van der Waals surface area contributed by atoms with E-state index in [-0.39, 0.29) is 5.75 Å². The molecule has 9 N–H and O–H groups in total. The Hall–Kier alpha value is -2.91. The number of hydrogen-bond donors (Lipinski definition) is 9. The zero-order chi connectivity index (χ0) is 23.6. The Morgan fingerprint density at radius 1 is 0.833 bits per heavy atom. The van der Waals surface area contributed by atoms with Crippen molar-refractivity contribution in [2.75, 3.05) is 5.75 Å². The molecule has 0 saturated carbocycles. The number of thiol groups is 1. The molecule has 0 bridgehead atoms. The first kappa shape index (κ1) is 27.1. The van der Waals surface area contributed by atoms with Crippen molar-refractivity contribution in [1.82, 2.24) is 16.0 Å². The maximum Gasteiger partial charge on any atom is 0.326 e. The Labute approximate surface area is 175 Å². The van der Waals surface area contributed by atoms with Crippen LogP contribution in [0.15, 0.2) is 0 Å². The normalized spacial score (nSPS) is 15.6. The van der Waals surface area contributed by atoms with Crippen molar-refractivity contribution in [3.05, 3.63) is 0 Å². The zero-order valence-corrected chi connectivity index (χ0v) is 16.7. The second kappa shape index (κ2) is 12.6. The molecule has 0 aromatic carbocycles. The van der Waals surface area contributed by atoms with Crippen LogP contribution in [0.3, 0.4) is 0 Å². The highest BCUT2D eigenvalue weighted by Gasteiger charge is 2.33. The van der Waals surface area contributed by atoms with Gasteiger partial charge in [-0.05, 0) is 6.92 Å². The Morgan fingerprint density at radius 3 is 1.73 bits per heavy atom. The van der Waals surface area contributed by atoms with Crippen LogP contribution in [0.5, 0.6) is 0 Å². The van der Waals surface area contributed by atoms with E-state index in [9.17, 15) is 33.9 Å². The first-order valence-electron chi connectivity index (χ1n) is 8.42. The van der Waals surface area contributed by atoms with Crippen LogP contribution in [0.4, 0.5) is 0 Å². The number of amides is 3. The fraction of sp³-hybridized carbons (Fsp3) is 0.600. The zero-order valence-electron chi connectivity index (χ0n) is 15.8. The van der Waals surface area contributed by atoms with E-state index in [0.29, 0.717) is 0 Å². The molecule has 0 rings (SSSR count). The van der Waals surface area contributed by atoms with Crippen LogP contribution in [0, 0.1) is 0 Å². The van der Waals surface area contributed by atoms with E-state index in [1.165, 1.54) is 0 Å². The van der Waals surface area contributed by atoms with Crippen molar-refractivity contribution in [1.29, 1.82) is 0 Å². The standard InChI is InChI=1S/C15H24N4O10S/c1-5(20)11(14(27)17-7(15(28)29)3-10(23)24)19-13(26)8(4-30)18-12(25)6(16)2-9(21)22/h5-8,11,20,30H,2-4,16H2,1H3,(H,17,27)(H,18,25)(H,19,26)(H,21,22)(H,23,24)(H,28,29). The largest absolute Gasteiger partial charge is 0.481 e. The van der Waals surface area contributed by atoms with Crippen molar-refractivity contribution in [3.8, 4) is 0 Å². The molecule has 0 saturated heterocycles. The minimum Gasteiger partial charge on any atom is -0.481 e. The van der Waals surface area contributed by atoms with E-state index in [1.807, 2.05) is 5.32 Å². The van der Waals surface area contributed by atoms with Crippen molar-refractivity contribution >= 4 is 48.3 Å². The smallest absolute Gasteiger partial charge is 0.326 e. The molecule has 0 aliphatic carbocycles. The number of nitrogens with two attached hydrogens (primary N) is 1. The van der Waals surface area contributed by atoms with E-state index in [0.717, 1.165) is 6.92 Å². The monoisotopic (exact) mass is 452 g/mol. The van der Waals surface area contributed by atoms with Gasteiger partial charge in [-0.1, -0.05) is 0 Å². The summed E-state index contributed by atoms with van der Waals surface area (Å²) in [6.45, 7) is 1.11. The predicted molar refractivity (Wildman–Crippen MR) is 101 cm³/mol. The maximum atomic E-state index is 12.3. The van der Waals surface area contributed by atoms with Crippen LogP contribution in [0.25, 0.3) is 0 Å². The van der Waals surface area contributed by atoms with Gasteiger partial charge in [-0.25, -0.2) is 4.79 Å². The lowest BCUT2D eigenvalue weighted by Crippen LogP contribution is -2.60. The van der Waals surface area contributed by atoms with Gasteiger partial charge < -0.3 is 42.1 Å². The quantitative estimate of drug-likeness (QED) is 0.122. The van der Waals surface area contributed by atoms with Crippen molar-refractivity contribution in [2.45, 2.75) is 50.0 Å². The van der Waals surface area contributed by atoms with Crippen LogP contribution in [0.1, 0.15) is 19.8 Å². The van der Waals surface area contributed by atoms with Crippen LogP contribution in [-0.4, -0.2) is 92.1 Å². The van der Waals surface area contributed by atoms with E-state index in [1.54, 1.807) is 0 Å². The molecule has 0 aromatic rings. The molecule has 170 valence electrons. The Kier molecular flexibility index (Phi) is 11.4. The summed E-state index contributed by atoms with van der Waals surface area (Å²) in [7, 11) is 0. The highest BCUT2D eigenvalue weighted by Crippen LogP contribution is 2.01. The number of rotatable bonds is 13. The average molecular weight is 452 g/mol. The maximum absolute atomic E-state index is 12.3. The Bertz CT molecular complexity index is 686. The van der Waals surface area contributed by atoms with Crippen LogP contribution in [0.2, 0.25) is 0 Å². The summed E-state index contributed by atoms with van der Waals surface area (Å²) >= 11 is 3.88. The number of nitrogens with one attached hydrogen (secondary N) is 3. The first-order chi connectivity index (χ1) is 13.8. The highest BCUT2D eigenvalue weighted by atomic mass is 32.1. The van der Waals surface area contributed by atoms with Gasteiger partial charge in [-0.15, -0.1) is 0 Å². The number of carbonyl (C=O) groups excluding carboxylic acids is 3. The lowest BCUT2D eigenvalue weighted by Gasteiger charge is -2.25. The second-order valence-corrected chi connectivity index (χ2v) is 6.54. The number of aliphatic hydroxyl groups excluding tert-OH is 1. The third kappa shape index (κ3) is 9.53. The summed E-state index contributed by atoms with van der Waals surface area (Å²) < 4.78 is 0. The average Bonchev–Trinajstić information content (AvgIpc) is 2.61. The summed E-state index contributed by atoms with van der Waals surface area (Å²) in [4.78, 5) is 68.8. The van der Waals surface area contributed by atoms with Crippen molar-refractivity contribution in [3.63, 3.8) is 0 Å². The molecule has 0 radical (unpaired) electrons. The van der Waals surface area contributed by atoms with Gasteiger partial charge in [0.1, 0.15) is 18.1 Å². The van der Waals surface area contributed by atoms with Gasteiger partial charge >= 0.3 is 17.9 Å². The minimum absolute atomic E-state index is 0.289. The van der Waals surface area contributed by atoms with Gasteiger partial charge in [0.25, 0.3) is 0 Å². The topological polar surface area (TPSA) is 245 Å². The summed E-state index contributed by atoms with van der Waals surface area (Å²) in [5, 5.41) is 42.2. The number of aliphatic carboxylic acids is 3. The molecule has 14 nitrogen and oxygen atoms in total. The molecular weight excluding hydrogens is 428 g/mol. The van der Waals surface area contributed by atoms with Crippen molar-refractivity contribution < 1.29 is 49.2 Å². The number of aliphatic hydroxyl groups is 1. The molecule has 0 heterocycles. The van der Waals surface area contributed by atoms with E-state index < -0.39 is 78.7 Å². The summed E-state index contributed by atoms with van der Waals surface area (Å²) in [6.07, 6.45) is -3.18. The molecule has 0 aliphatic heterocycles. The molecule has 3 amide bonds. The van der Waals surface area contributed by atoms with Gasteiger partial charge in [-0.2, -0.15) is 12.6 Å². The molecule has 0 fully saturated rings. The first-order valence-corrected chi connectivity index (χ1v) is 9.05. The highest BCUT2D eigenvalue weighted by molar-refractivity contribution is 7.80.